The number of thiophene rings is 1. The summed E-state index contributed by atoms with van der Waals surface area (Å²) in [5.74, 6) is 0. The van der Waals surface area contributed by atoms with E-state index >= 15 is 0 Å². The number of carbonyl (C=O) groups excluding carboxylic acids is 1. The van der Waals surface area contributed by atoms with Gasteiger partial charge in [-0.3, -0.25) is 4.79 Å². The van der Waals surface area contributed by atoms with E-state index in [1.54, 1.807) is 19.3 Å². The summed E-state index contributed by atoms with van der Waals surface area (Å²) in [6.07, 6.45) is 1.72. The van der Waals surface area contributed by atoms with E-state index in [2.05, 4.69) is 5.16 Å². The van der Waals surface area contributed by atoms with Gasteiger partial charge >= 0.3 is 0 Å². The molecule has 3 nitrogen and oxygen atoms in total. The third-order valence-corrected chi connectivity index (χ3v) is 2.01. The number of oxime groups is 1. The molecular formula is C8H8NO2S. The Bertz CT molecular complexity index is 267. The largest absolute Gasteiger partial charge is 0.395 e. The molecule has 12 heavy (non-hydrogen) atoms. The molecule has 63 valence electrons. The van der Waals surface area contributed by atoms with E-state index in [0.717, 1.165) is 4.88 Å². The fourth-order valence-corrected chi connectivity index (χ4v) is 1.31. The molecule has 0 aliphatic heterocycles. The van der Waals surface area contributed by atoms with Gasteiger partial charge in [-0.1, -0.05) is 11.2 Å². The van der Waals surface area contributed by atoms with Gasteiger partial charge in [-0.2, -0.15) is 0 Å². The van der Waals surface area contributed by atoms with E-state index in [0.29, 0.717) is 6.61 Å². The topological polar surface area (TPSA) is 38.7 Å². The van der Waals surface area contributed by atoms with Crippen LogP contribution in [0.3, 0.4) is 0 Å². The number of hydrogen-bond acceptors (Lipinski definition) is 4. The molecule has 0 spiro atoms. The standard InChI is InChI=1S/C8H8NO2S/c1-2-11-9-7(6-10)8-4-3-5-12-8/h3-5H,2H2,1H3/b9-7+. The summed E-state index contributed by atoms with van der Waals surface area (Å²) < 4.78 is 0. The Balaban J connectivity index is 2.76. The molecule has 1 aromatic heterocycles. The molecule has 0 atom stereocenters. The Hall–Kier alpha value is -1.16. The summed E-state index contributed by atoms with van der Waals surface area (Å²) in [4.78, 5) is 15.9. The predicted molar refractivity (Wildman–Crippen MR) is 48.2 cm³/mol. The van der Waals surface area contributed by atoms with Crippen LogP contribution in [0.15, 0.2) is 22.7 Å². The SMILES string of the molecule is CCO/N=C(\[C]=O)c1cccs1. The van der Waals surface area contributed by atoms with Gasteiger partial charge in [0.2, 0.25) is 0 Å². The Morgan fingerprint density at radius 3 is 3.17 bits per heavy atom. The Labute approximate surface area is 74.7 Å². The second-order valence-corrected chi connectivity index (χ2v) is 2.88. The lowest BCUT2D eigenvalue weighted by molar-refractivity contribution is 0.159. The maximum Gasteiger partial charge on any atom is 0.258 e. The summed E-state index contributed by atoms with van der Waals surface area (Å²) in [5.41, 5.74) is 0.229. The van der Waals surface area contributed by atoms with Crippen LogP contribution in [0.25, 0.3) is 0 Å². The fraction of sp³-hybridized carbons (Fsp3) is 0.250. The molecule has 4 heteroatoms. The van der Waals surface area contributed by atoms with Crippen molar-refractivity contribution in [3.8, 4) is 0 Å². The second-order valence-electron chi connectivity index (χ2n) is 1.94. The molecule has 0 aliphatic carbocycles. The molecule has 1 heterocycles. The molecule has 0 fully saturated rings. The van der Waals surface area contributed by atoms with Crippen LogP contribution in [0.2, 0.25) is 0 Å². The van der Waals surface area contributed by atoms with E-state index in [1.165, 1.54) is 11.3 Å². The smallest absolute Gasteiger partial charge is 0.258 e. The molecule has 0 saturated heterocycles. The van der Waals surface area contributed by atoms with Crippen molar-refractivity contribution in [1.82, 2.24) is 0 Å². The van der Waals surface area contributed by atoms with E-state index in [1.807, 2.05) is 11.4 Å². The average Bonchev–Trinajstić information content (AvgIpc) is 2.59. The van der Waals surface area contributed by atoms with Crippen molar-refractivity contribution in [2.45, 2.75) is 6.92 Å². The predicted octanol–water partition coefficient (Wildman–Crippen LogP) is 1.60. The number of nitrogens with zero attached hydrogens (tertiary/aromatic N) is 1. The molecule has 0 aliphatic rings. The summed E-state index contributed by atoms with van der Waals surface area (Å²) in [7, 11) is 0. The van der Waals surface area contributed by atoms with Crippen LogP contribution < -0.4 is 0 Å². The first kappa shape index (κ1) is 8.93. The van der Waals surface area contributed by atoms with E-state index < -0.39 is 0 Å². The van der Waals surface area contributed by atoms with Gasteiger partial charge in [0, 0.05) is 0 Å². The van der Waals surface area contributed by atoms with Gasteiger partial charge in [-0.15, -0.1) is 11.3 Å². The fourth-order valence-electron chi connectivity index (χ4n) is 0.656. The molecule has 0 amide bonds. The summed E-state index contributed by atoms with van der Waals surface area (Å²) in [6.45, 7) is 2.26. The zero-order valence-corrected chi connectivity index (χ0v) is 7.43. The maximum absolute atomic E-state index is 10.4. The number of hydrogen-bond donors (Lipinski definition) is 0. The minimum absolute atomic E-state index is 0.229. The quantitative estimate of drug-likeness (QED) is 0.524. The van der Waals surface area contributed by atoms with Crippen LogP contribution in [-0.4, -0.2) is 18.6 Å². The van der Waals surface area contributed by atoms with Gasteiger partial charge in [0.15, 0.2) is 5.71 Å². The third kappa shape index (κ3) is 2.17. The molecule has 1 rings (SSSR count). The molecule has 0 bridgehead atoms. The maximum atomic E-state index is 10.4. The van der Waals surface area contributed by atoms with E-state index in [9.17, 15) is 4.79 Å². The monoisotopic (exact) mass is 182 g/mol. The highest BCUT2D eigenvalue weighted by Crippen LogP contribution is 2.08. The molecular weight excluding hydrogens is 174 g/mol. The van der Waals surface area contributed by atoms with Crippen molar-refractivity contribution in [3.63, 3.8) is 0 Å². The first-order valence-electron chi connectivity index (χ1n) is 3.50. The summed E-state index contributed by atoms with van der Waals surface area (Å²) >= 11 is 1.43. The second kappa shape index (κ2) is 4.66. The lowest BCUT2D eigenvalue weighted by Crippen LogP contribution is -2.00. The van der Waals surface area contributed by atoms with Crippen molar-refractivity contribution < 1.29 is 9.63 Å². The van der Waals surface area contributed by atoms with E-state index in [4.69, 9.17) is 4.84 Å². The Morgan fingerprint density at radius 1 is 1.83 bits per heavy atom. The van der Waals surface area contributed by atoms with Gasteiger partial charge in [0.05, 0.1) is 4.88 Å². The minimum Gasteiger partial charge on any atom is -0.395 e. The van der Waals surface area contributed by atoms with Gasteiger partial charge in [-0.05, 0) is 18.4 Å². The van der Waals surface area contributed by atoms with Crippen molar-refractivity contribution in [3.05, 3.63) is 22.4 Å². The van der Waals surface area contributed by atoms with Crippen LogP contribution >= 0.6 is 11.3 Å². The van der Waals surface area contributed by atoms with Crippen molar-refractivity contribution in [1.29, 1.82) is 0 Å². The zero-order valence-electron chi connectivity index (χ0n) is 6.61. The van der Waals surface area contributed by atoms with Crippen LogP contribution in [0.4, 0.5) is 0 Å². The van der Waals surface area contributed by atoms with Gasteiger partial charge in [0.1, 0.15) is 6.61 Å². The molecule has 0 aromatic carbocycles. The van der Waals surface area contributed by atoms with Gasteiger partial charge in [-0.25, -0.2) is 0 Å². The molecule has 1 radical (unpaired) electrons. The first-order valence-corrected chi connectivity index (χ1v) is 4.38. The van der Waals surface area contributed by atoms with Crippen LogP contribution in [-0.2, 0) is 9.63 Å². The Kier molecular flexibility index (Phi) is 3.47. The van der Waals surface area contributed by atoms with Crippen molar-refractivity contribution >= 4 is 23.3 Å². The molecule has 0 saturated carbocycles. The highest BCUT2D eigenvalue weighted by molar-refractivity contribution is 7.12. The van der Waals surface area contributed by atoms with Gasteiger partial charge < -0.3 is 4.84 Å². The van der Waals surface area contributed by atoms with E-state index in [-0.39, 0.29) is 5.71 Å². The normalized spacial score (nSPS) is 11.2. The third-order valence-electron chi connectivity index (χ3n) is 1.14. The number of rotatable bonds is 4. The van der Waals surface area contributed by atoms with Crippen molar-refractivity contribution in [2.75, 3.05) is 6.61 Å². The molecule has 0 N–H and O–H groups in total. The van der Waals surface area contributed by atoms with Crippen LogP contribution in [0.5, 0.6) is 0 Å². The minimum atomic E-state index is 0.229. The highest BCUT2D eigenvalue weighted by atomic mass is 32.1. The first-order chi connectivity index (χ1) is 5.88. The highest BCUT2D eigenvalue weighted by Gasteiger charge is 2.03. The van der Waals surface area contributed by atoms with Crippen LogP contribution in [0, 0.1) is 0 Å². The lowest BCUT2D eigenvalue weighted by Gasteiger charge is -1.93. The zero-order chi connectivity index (χ0) is 8.81. The summed E-state index contributed by atoms with van der Waals surface area (Å²) in [5, 5.41) is 5.48. The van der Waals surface area contributed by atoms with Crippen molar-refractivity contribution in [2.24, 2.45) is 5.16 Å². The molecule has 1 aromatic rings. The summed E-state index contributed by atoms with van der Waals surface area (Å²) in [6, 6.07) is 3.65. The molecule has 0 unspecified atom stereocenters. The average molecular weight is 182 g/mol. The lowest BCUT2D eigenvalue weighted by atomic mass is 10.3. The van der Waals surface area contributed by atoms with Gasteiger partial charge in [0.25, 0.3) is 6.29 Å². The Morgan fingerprint density at radius 2 is 2.67 bits per heavy atom. The van der Waals surface area contributed by atoms with Crippen LogP contribution in [0.1, 0.15) is 11.8 Å².